The van der Waals surface area contributed by atoms with E-state index in [0.29, 0.717) is 16.5 Å². The average Bonchev–Trinajstić information content (AvgIpc) is 2.65. The molecule has 0 bridgehead atoms. The summed E-state index contributed by atoms with van der Waals surface area (Å²) in [5, 5.41) is 0.654. The number of anilines is 1. The lowest BCUT2D eigenvalue weighted by Crippen LogP contribution is -2.36. The van der Waals surface area contributed by atoms with Crippen molar-refractivity contribution < 1.29 is 18.7 Å². The Morgan fingerprint density at radius 1 is 1.12 bits per heavy atom. The van der Waals surface area contributed by atoms with Gasteiger partial charge >= 0.3 is 5.97 Å². The van der Waals surface area contributed by atoms with Gasteiger partial charge in [-0.05, 0) is 30.3 Å². The molecule has 126 valence electrons. The minimum atomic E-state index is -0.601. The summed E-state index contributed by atoms with van der Waals surface area (Å²) in [5.41, 5.74) is 1.31. The summed E-state index contributed by atoms with van der Waals surface area (Å²) >= 11 is 0. The van der Waals surface area contributed by atoms with Gasteiger partial charge in [0, 0.05) is 17.3 Å². The van der Waals surface area contributed by atoms with E-state index < -0.39 is 17.7 Å². The molecule has 1 aromatic heterocycles. The molecule has 0 saturated heterocycles. The van der Waals surface area contributed by atoms with Crippen LogP contribution in [0.5, 0.6) is 0 Å². The van der Waals surface area contributed by atoms with Gasteiger partial charge in [-0.2, -0.15) is 0 Å². The second-order valence-corrected chi connectivity index (χ2v) is 5.32. The fourth-order valence-corrected chi connectivity index (χ4v) is 2.55. The molecule has 0 fully saturated rings. The van der Waals surface area contributed by atoms with E-state index in [2.05, 4.69) is 9.72 Å². The zero-order chi connectivity index (χ0) is 17.8. The van der Waals surface area contributed by atoms with Crippen molar-refractivity contribution in [3.63, 3.8) is 0 Å². The van der Waals surface area contributed by atoms with Crippen molar-refractivity contribution in [2.24, 2.45) is 0 Å². The number of pyridine rings is 1. The predicted molar refractivity (Wildman–Crippen MR) is 91.8 cm³/mol. The zero-order valence-corrected chi connectivity index (χ0v) is 13.5. The number of rotatable bonds is 4. The molecule has 25 heavy (non-hydrogen) atoms. The number of carbonyl (C=O) groups excluding carboxylic acids is 2. The van der Waals surface area contributed by atoms with Gasteiger partial charge in [-0.25, -0.2) is 4.39 Å². The zero-order valence-electron chi connectivity index (χ0n) is 13.5. The molecule has 0 aliphatic rings. The quantitative estimate of drug-likeness (QED) is 0.686. The van der Waals surface area contributed by atoms with Crippen LogP contribution in [0.4, 0.5) is 10.1 Å². The summed E-state index contributed by atoms with van der Waals surface area (Å²) in [7, 11) is 1.23. The molecular weight excluding hydrogens is 323 g/mol. The largest absolute Gasteiger partial charge is 0.468 e. The molecule has 6 heteroatoms. The second-order valence-electron chi connectivity index (χ2n) is 5.32. The smallest absolute Gasteiger partial charge is 0.325 e. The number of nitrogens with zero attached hydrogens (tertiary/aromatic N) is 2. The number of para-hydroxylation sites is 1. The van der Waals surface area contributed by atoms with Crippen molar-refractivity contribution in [3.8, 4) is 0 Å². The molecule has 3 rings (SSSR count). The Morgan fingerprint density at radius 3 is 2.68 bits per heavy atom. The van der Waals surface area contributed by atoms with Crippen molar-refractivity contribution in [3.05, 3.63) is 72.2 Å². The van der Waals surface area contributed by atoms with Crippen LogP contribution in [0.3, 0.4) is 0 Å². The molecule has 0 atom stereocenters. The van der Waals surface area contributed by atoms with Gasteiger partial charge < -0.3 is 4.74 Å². The lowest BCUT2D eigenvalue weighted by Gasteiger charge is -2.22. The third-order valence-corrected chi connectivity index (χ3v) is 3.76. The van der Waals surface area contributed by atoms with E-state index in [1.807, 2.05) is 6.07 Å². The van der Waals surface area contributed by atoms with Crippen molar-refractivity contribution in [1.82, 2.24) is 4.98 Å². The van der Waals surface area contributed by atoms with Gasteiger partial charge in [0.2, 0.25) is 0 Å². The van der Waals surface area contributed by atoms with Crippen LogP contribution in [0, 0.1) is 5.82 Å². The number of amides is 1. The summed E-state index contributed by atoms with van der Waals surface area (Å²) in [6.07, 6.45) is 1.53. The Bertz CT molecular complexity index is 937. The van der Waals surface area contributed by atoms with E-state index in [1.54, 1.807) is 30.3 Å². The number of aromatic nitrogens is 1. The number of hydrogen-bond acceptors (Lipinski definition) is 4. The summed E-state index contributed by atoms with van der Waals surface area (Å²) < 4.78 is 18.3. The number of carbonyl (C=O) groups is 2. The third kappa shape index (κ3) is 3.47. The first-order valence-corrected chi connectivity index (χ1v) is 7.58. The lowest BCUT2D eigenvalue weighted by molar-refractivity contribution is -0.138. The Balaban J connectivity index is 2.08. The number of benzene rings is 2. The second kappa shape index (κ2) is 7.09. The molecule has 5 nitrogen and oxygen atoms in total. The predicted octanol–water partition coefficient (Wildman–Crippen LogP) is 3.19. The van der Waals surface area contributed by atoms with Crippen molar-refractivity contribution in [1.29, 1.82) is 0 Å². The molecule has 0 N–H and O–H groups in total. The summed E-state index contributed by atoms with van der Waals surface area (Å²) in [6.45, 7) is -0.324. The highest BCUT2D eigenvalue weighted by atomic mass is 19.1. The fourth-order valence-electron chi connectivity index (χ4n) is 2.55. The van der Waals surface area contributed by atoms with Gasteiger partial charge in [0.25, 0.3) is 5.91 Å². The maximum absolute atomic E-state index is 13.6. The van der Waals surface area contributed by atoms with E-state index >= 15 is 0 Å². The third-order valence-electron chi connectivity index (χ3n) is 3.76. The normalized spacial score (nSPS) is 10.5. The van der Waals surface area contributed by atoms with Crippen LogP contribution in [-0.4, -0.2) is 30.5 Å². The molecule has 0 aliphatic heterocycles. The topological polar surface area (TPSA) is 59.5 Å². The first-order valence-electron chi connectivity index (χ1n) is 7.58. The first-order chi connectivity index (χ1) is 12.1. The molecule has 0 unspecified atom stereocenters. The molecule has 3 aromatic rings. The van der Waals surface area contributed by atoms with Crippen LogP contribution in [0.2, 0.25) is 0 Å². The molecule has 2 aromatic carbocycles. The summed E-state index contributed by atoms with van der Waals surface area (Å²) in [6, 6.07) is 14.3. The highest BCUT2D eigenvalue weighted by Gasteiger charge is 2.23. The molecule has 0 saturated carbocycles. The van der Waals surface area contributed by atoms with Crippen LogP contribution in [-0.2, 0) is 9.53 Å². The molecule has 1 amide bonds. The minimum Gasteiger partial charge on any atom is -0.468 e. The van der Waals surface area contributed by atoms with E-state index in [9.17, 15) is 14.0 Å². The number of hydrogen-bond donors (Lipinski definition) is 0. The number of fused-ring (bicyclic) bond motifs is 1. The standard InChI is InChI=1S/C19H15FN2O3/c1-25-18(23)12-22(14-6-4-5-13(20)11-14)19(24)16-9-10-21-17-8-3-2-7-15(16)17/h2-11H,12H2,1H3. The highest BCUT2D eigenvalue weighted by molar-refractivity contribution is 6.14. The summed E-state index contributed by atoms with van der Waals surface area (Å²) in [4.78, 5) is 30.3. The molecule has 0 aliphatic carbocycles. The van der Waals surface area contributed by atoms with Gasteiger partial charge in [-0.3, -0.25) is 19.5 Å². The number of halogens is 1. The van der Waals surface area contributed by atoms with Crippen LogP contribution in [0.1, 0.15) is 10.4 Å². The van der Waals surface area contributed by atoms with Gasteiger partial charge in [0.1, 0.15) is 12.4 Å². The maximum atomic E-state index is 13.6. The van der Waals surface area contributed by atoms with Gasteiger partial charge in [0.05, 0.1) is 18.2 Å². The fraction of sp³-hybridized carbons (Fsp3) is 0.105. The molecule has 0 radical (unpaired) electrons. The number of esters is 1. The molecule has 0 spiro atoms. The SMILES string of the molecule is COC(=O)CN(C(=O)c1ccnc2ccccc12)c1cccc(F)c1. The van der Waals surface area contributed by atoms with Crippen molar-refractivity contribution in [2.75, 3.05) is 18.6 Å². The Morgan fingerprint density at radius 2 is 1.92 bits per heavy atom. The Hall–Kier alpha value is -3.28. The minimum absolute atomic E-state index is 0.274. The molecule has 1 heterocycles. The van der Waals surface area contributed by atoms with Gasteiger partial charge in [-0.1, -0.05) is 24.3 Å². The van der Waals surface area contributed by atoms with E-state index in [-0.39, 0.29) is 12.2 Å². The van der Waals surface area contributed by atoms with Crippen molar-refractivity contribution >= 4 is 28.5 Å². The number of ether oxygens (including phenoxy) is 1. The maximum Gasteiger partial charge on any atom is 0.325 e. The summed E-state index contributed by atoms with van der Waals surface area (Å²) in [5.74, 6) is -1.54. The van der Waals surface area contributed by atoms with Crippen LogP contribution < -0.4 is 4.90 Å². The van der Waals surface area contributed by atoms with Crippen LogP contribution in [0.15, 0.2) is 60.8 Å². The Labute approximate surface area is 143 Å². The first kappa shape index (κ1) is 16.6. The average molecular weight is 338 g/mol. The molecular formula is C19H15FN2O3. The van der Waals surface area contributed by atoms with Crippen molar-refractivity contribution in [2.45, 2.75) is 0 Å². The van der Waals surface area contributed by atoms with Crippen LogP contribution >= 0.6 is 0 Å². The number of methoxy groups -OCH3 is 1. The Kier molecular flexibility index (Phi) is 4.70. The van der Waals surface area contributed by atoms with E-state index in [4.69, 9.17) is 0 Å². The van der Waals surface area contributed by atoms with Gasteiger partial charge in [0.15, 0.2) is 0 Å². The monoisotopic (exact) mass is 338 g/mol. The van der Waals surface area contributed by atoms with Crippen LogP contribution in [0.25, 0.3) is 10.9 Å². The lowest BCUT2D eigenvalue weighted by atomic mass is 10.1. The van der Waals surface area contributed by atoms with E-state index in [0.717, 1.165) is 0 Å². The van der Waals surface area contributed by atoms with E-state index in [1.165, 1.54) is 36.4 Å². The highest BCUT2D eigenvalue weighted by Crippen LogP contribution is 2.22. The van der Waals surface area contributed by atoms with Gasteiger partial charge in [-0.15, -0.1) is 0 Å².